The molecule has 1 N–H and O–H groups in total. The van der Waals surface area contributed by atoms with Gasteiger partial charge in [-0.15, -0.1) is 0 Å². The van der Waals surface area contributed by atoms with Crippen LogP contribution in [0.4, 0.5) is 15.8 Å². The van der Waals surface area contributed by atoms with Crippen molar-refractivity contribution < 1.29 is 14.0 Å². The molecule has 0 unspecified atom stereocenters. The lowest BCUT2D eigenvalue weighted by atomic mass is 9.96. The van der Waals surface area contributed by atoms with Crippen molar-refractivity contribution in [2.75, 3.05) is 16.8 Å². The van der Waals surface area contributed by atoms with Crippen molar-refractivity contribution in [3.63, 3.8) is 0 Å². The van der Waals surface area contributed by atoms with Gasteiger partial charge in [0.25, 0.3) is 0 Å². The topological polar surface area (TPSA) is 49.4 Å². The Hall–Kier alpha value is -2.69. The van der Waals surface area contributed by atoms with Crippen LogP contribution >= 0.6 is 0 Å². The highest BCUT2D eigenvalue weighted by Gasteiger charge is 2.35. The Labute approximate surface area is 153 Å². The molecule has 136 valence electrons. The van der Waals surface area contributed by atoms with Crippen molar-refractivity contribution >= 4 is 23.2 Å². The van der Waals surface area contributed by atoms with Crippen molar-refractivity contribution in [1.29, 1.82) is 0 Å². The summed E-state index contributed by atoms with van der Waals surface area (Å²) < 4.78 is 13.1. The number of nitrogens with zero attached hydrogens (tertiary/aromatic N) is 1. The molecule has 1 aliphatic rings. The molecule has 0 bridgehead atoms. The number of hydrogen-bond acceptors (Lipinski definition) is 2. The molecule has 0 aromatic heterocycles. The average Bonchev–Trinajstić information content (AvgIpc) is 3.04. The van der Waals surface area contributed by atoms with Crippen LogP contribution in [0.25, 0.3) is 0 Å². The van der Waals surface area contributed by atoms with Gasteiger partial charge in [-0.1, -0.05) is 32.0 Å². The first kappa shape index (κ1) is 18.1. The second-order valence-electron chi connectivity index (χ2n) is 6.77. The van der Waals surface area contributed by atoms with Crippen LogP contribution in [0.15, 0.2) is 48.5 Å². The number of amides is 2. The minimum Gasteiger partial charge on any atom is -0.326 e. The minimum absolute atomic E-state index is 0.119. The van der Waals surface area contributed by atoms with Gasteiger partial charge in [-0.25, -0.2) is 4.39 Å². The highest BCUT2D eigenvalue weighted by atomic mass is 19.1. The number of hydrogen-bond donors (Lipinski definition) is 1. The molecule has 2 atom stereocenters. The summed E-state index contributed by atoms with van der Waals surface area (Å²) in [6.45, 7) is 4.54. The fraction of sp³-hybridized carbons (Fsp3) is 0.333. The van der Waals surface area contributed by atoms with Gasteiger partial charge in [-0.3, -0.25) is 9.59 Å². The highest BCUT2D eigenvalue weighted by molar-refractivity contribution is 6.03. The molecule has 0 aliphatic carbocycles. The maximum absolute atomic E-state index is 13.1. The minimum atomic E-state index is -0.419. The molecule has 26 heavy (non-hydrogen) atoms. The summed E-state index contributed by atoms with van der Waals surface area (Å²) in [5, 5.41) is 2.99. The van der Waals surface area contributed by atoms with Crippen LogP contribution in [0.5, 0.6) is 0 Å². The largest absolute Gasteiger partial charge is 0.326 e. The van der Waals surface area contributed by atoms with Crippen LogP contribution in [0.3, 0.4) is 0 Å². The van der Waals surface area contributed by atoms with Gasteiger partial charge in [0, 0.05) is 24.3 Å². The zero-order chi connectivity index (χ0) is 18.7. The number of carbonyl (C=O) groups excluding carboxylic acids is 2. The molecule has 2 aromatic carbocycles. The predicted molar refractivity (Wildman–Crippen MR) is 101 cm³/mol. The van der Waals surface area contributed by atoms with E-state index in [1.165, 1.54) is 12.1 Å². The zero-order valence-corrected chi connectivity index (χ0v) is 15.0. The lowest BCUT2D eigenvalue weighted by Crippen LogP contribution is -2.28. The number of para-hydroxylation sites is 1. The van der Waals surface area contributed by atoms with Gasteiger partial charge < -0.3 is 10.2 Å². The SMILES string of the molecule is CC[C@@H](C)c1ccccc1NC(=O)[C@@H]1CC(=O)N(c2ccc(F)cc2)C1. The van der Waals surface area contributed by atoms with Gasteiger partial charge >= 0.3 is 0 Å². The summed E-state index contributed by atoms with van der Waals surface area (Å²) in [5.41, 5.74) is 2.52. The summed E-state index contributed by atoms with van der Waals surface area (Å²) in [4.78, 5) is 26.6. The van der Waals surface area contributed by atoms with Gasteiger partial charge in [0.15, 0.2) is 0 Å². The van der Waals surface area contributed by atoms with Crippen LogP contribution in [0.1, 0.15) is 38.2 Å². The number of rotatable bonds is 5. The monoisotopic (exact) mass is 354 g/mol. The van der Waals surface area contributed by atoms with Gasteiger partial charge in [-0.05, 0) is 48.2 Å². The first-order chi connectivity index (χ1) is 12.5. The van der Waals surface area contributed by atoms with E-state index in [1.54, 1.807) is 17.0 Å². The molecule has 1 saturated heterocycles. The molecule has 3 rings (SSSR count). The fourth-order valence-electron chi connectivity index (χ4n) is 3.25. The molecule has 1 aliphatic heterocycles. The Morgan fingerprint density at radius 2 is 1.92 bits per heavy atom. The lowest BCUT2D eigenvalue weighted by molar-refractivity contribution is -0.122. The first-order valence-corrected chi connectivity index (χ1v) is 8.95. The molecule has 0 radical (unpaired) electrons. The number of nitrogens with one attached hydrogen (secondary N) is 1. The maximum Gasteiger partial charge on any atom is 0.229 e. The van der Waals surface area contributed by atoms with E-state index < -0.39 is 5.92 Å². The fourth-order valence-corrected chi connectivity index (χ4v) is 3.25. The molecule has 0 spiro atoms. The lowest BCUT2D eigenvalue weighted by Gasteiger charge is -2.18. The third-order valence-electron chi connectivity index (χ3n) is 5.00. The third-order valence-corrected chi connectivity index (χ3v) is 5.00. The maximum atomic E-state index is 13.1. The van der Waals surface area contributed by atoms with E-state index in [4.69, 9.17) is 0 Å². The van der Waals surface area contributed by atoms with Crippen LogP contribution < -0.4 is 10.2 Å². The Morgan fingerprint density at radius 3 is 2.62 bits per heavy atom. The molecule has 2 amide bonds. The van der Waals surface area contributed by atoms with Crippen molar-refractivity contribution in [1.82, 2.24) is 0 Å². The van der Waals surface area contributed by atoms with E-state index in [9.17, 15) is 14.0 Å². The normalized spacial score (nSPS) is 18.0. The van der Waals surface area contributed by atoms with Crippen LogP contribution in [0, 0.1) is 11.7 Å². The van der Waals surface area contributed by atoms with Crippen LogP contribution in [-0.2, 0) is 9.59 Å². The Balaban J connectivity index is 1.72. The summed E-state index contributed by atoms with van der Waals surface area (Å²) in [7, 11) is 0. The standard InChI is InChI=1S/C21H23FN2O2/c1-3-14(2)18-6-4-5-7-19(18)23-21(26)15-12-20(25)24(13-15)17-10-8-16(22)9-11-17/h4-11,14-15H,3,12-13H2,1-2H3,(H,23,26)/t14-,15-/m1/s1. The van der Waals surface area contributed by atoms with E-state index in [0.717, 1.165) is 17.7 Å². The van der Waals surface area contributed by atoms with E-state index in [0.29, 0.717) is 18.2 Å². The molecule has 2 aromatic rings. The van der Waals surface area contributed by atoms with Crippen molar-refractivity contribution in [2.45, 2.75) is 32.6 Å². The third kappa shape index (κ3) is 3.77. The molecule has 5 heteroatoms. The Kier molecular flexibility index (Phi) is 5.35. The van der Waals surface area contributed by atoms with E-state index in [1.807, 2.05) is 24.3 Å². The highest BCUT2D eigenvalue weighted by Crippen LogP contribution is 2.29. The van der Waals surface area contributed by atoms with Crippen molar-refractivity contribution in [3.05, 3.63) is 59.9 Å². The Morgan fingerprint density at radius 1 is 1.23 bits per heavy atom. The molecule has 0 saturated carbocycles. The number of benzene rings is 2. The molecular weight excluding hydrogens is 331 g/mol. The van der Waals surface area contributed by atoms with E-state index in [-0.39, 0.29) is 24.1 Å². The molecular formula is C21H23FN2O2. The van der Waals surface area contributed by atoms with E-state index in [2.05, 4.69) is 19.2 Å². The first-order valence-electron chi connectivity index (χ1n) is 8.95. The molecule has 1 heterocycles. The Bertz CT molecular complexity index is 804. The number of carbonyl (C=O) groups is 2. The average molecular weight is 354 g/mol. The van der Waals surface area contributed by atoms with Gasteiger partial charge in [0.1, 0.15) is 5.82 Å². The van der Waals surface area contributed by atoms with E-state index >= 15 is 0 Å². The smallest absolute Gasteiger partial charge is 0.229 e. The zero-order valence-electron chi connectivity index (χ0n) is 15.0. The number of anilines is 2. The van der Waals surface area contributed by atoms with Gasteiger partial charge in [-0.2, -0.15) is 0 Å². The van der Waals surface area contributed by atoms with Gasteiger partial charge in [0.05, 0.1) is 5.92 Å². The molecule has 4 nitrogen and oxygen atoms in total. The van der Waals surface area contributed by atoms with Gasteiger partial charge in [0.2, 0.25) is 11.8 Å². The van der Waals surface area contributed by atoms with Crippen molar-refractivity contribution in [2.24, 2.45) is 5.92 Å². The quantitative estimate of drug-likeness (QED) is 0.869. The van der Waals surface area contributed by atoms with Crippen molar-refractivity contribution in [3.8, 4) is 0 Å². The van der Waals surface area contributed by atoms with Crippen LogP contribution in [-0.4, -0.2) is 18.4 Å². The number of halogens is 1. The summed E-state index contributed by atoms with van der Waals surface area (Å²) >= 11 is 0. The second-order valence-corrected chi connectivity index (χ2v) is 6.77. The molecule has 1 fully saturated rings. The predicted octanol–water partition coefficient (Wildman–Crippen LogP) is 4.33. The summed E-state index contributed by atoms with van der Waals surface area (Å²) in [5.74, 6) is -0.702. The summed E-state index contributed by atoms with van der Waals surface area (Å²) in [6.07, 6.45) is 1.14. The summed E-state index contributed by atoms with van der Waals surface area (Å²) in [6, 6.07) is 13.5. The van der Waals surface area contributed by atoms with Crippen LogP contribution in [0.2, 0.25) is 0 Å². The second kappa shape index (κ2) is 7.68.